The Morgan fingerprint density at radius 3 is 2.38 bits per heavy atom. The lowest BCUT2D eigenvalue weighted by atomic mass is 9.72. The highest BCUT2D eigenvalue weighted by molar-refractivity contribution is 6.23. The number of fused-ring (bicyclic) bond motifs is 2. The molecular weight excluding hydrogens is 820 g/mol. The quantitative estimate of drug-likeness (QED) is 0.0621. The fourth-order valence-corrected chi connectivity index (χ4v) is 10.4. The van der Waals surface area contributed by atoms with Crippen molar-refractivity contribution in [2.45, 2.75) is 82.8 Å². The number of imide groups is 2. The number of aromatic nitrogens is 1. The molecule has 5 aliphatic heterocycles. The van der Waals surface area contributed by atoms with Crippen LogP contribution in [-0.4, -0.2) is 114 Å². The third-order valence-corrected chi connectivity index (χ3v) is 14.1. The Labute approximate surface area is 371 Å². The molecule has 64 heavy (non-hydrogen) atoms. The molecule has 4 amide bonds. The monoisotopic (exact) mass is 876 g/mol. The first-order valence-electron chi connectivity index (χ1n) is 22.6. The van der Waals surface area contributed by atoms with Crippen LogP contribution in [0.3, 0.4) is 0 Å². The highest BCUT2D eigenvalue weighted by Gasteiger charge is 2.48. The summed E-state index contributed by atoms with van der Waals surface area (Å²) in [7, 11) is 2.10. The first-order valence-corrected chi connectivity index (χ1v) is 22.6. The lowest BCUT2D eigenvalue weighted by Crippen LogP contribution is -2.60. The number of halogens is 1. The SMILES string of the molecule is CN1CCC2(CC1)CN(c1cc3c(cc1F)C(=O)N(C1CCC(=O)NC1=O)C3=O)C2.N/N=C(\NN)c1ccc2noc(-c3cccc(OC4CCN(CC5CCCCC5)CC4)c3)c2c1. The Kier molecular flexibility index (Phi) is 12.4. The second-order valence-corrected chi connectivity index (χ2v) is 18.5. The molecule has 6 N–H and O–H groups in total. The van der Waals surface area contributed by atoms with Gasteiger partial charge in [-0.05, 0) is 113 Å². The van der Waals surface area contributed by atoms with Crippen LogP contribution in [0, 0.1) is 17.2 Å². The molecule has 3 aromatic carbocycles. The average Bonchev–Trinajstić information content (AvgIpc) is 3.82. The van der Waals surface area contributed by atoms with Crippen molar-refractivity contribution in [2.24, 2.45) is 28.1 Å². The summed E-state index contributed by atoms with van der Waals surface area (Å²) in [4.78, 5) is 57.0. The fourth-order valence-electron chi connectivity index (χ4n) is 10.4. The van der Waals surface area contributed by atoms with Crippen LogP contribution >= 0.6 is 0 Å². The number of rotatable bonds is 8. The zero-order valence-corrected chi connectivity index (χ0v) is 36.3. The Morgan fingerprint density at radius 1 is 0.938 bits per heavy atom. The van der Waals surface area contributed by atoms with Crippen LogP contribution in [0.25, 0.3) is 22.2 Å². The molecule has 1 atom stereocenters. The van der Waals surface area contributed by atoms with Crippen molar-refractivity contribution in [2.75, 3.05) is 57.8 Å². The number of hydrogen-bond acceptors (Lipinski definition) is 13. The van der Waals surface area contributed by atoms with Gasteiger partial charge in [-0.25, -0.2) is 10.2 Å². The minimum absolute atomic E-state index is 0.0273. The van der Waals surface area contributed by atoms with E-state index in [0.29, 0.717) is 17.3 Å². The van der Waals surface area contributed by atoms with Crippen LogP contribution in [0.1, 0.15) is 96.9 Å². The predicted molar refractivity (Wildman–Crippen MR) is 239 cm³/mol. The number of carbonyl (C=O) groups excluding carboxylic acids is 4. The lowest BCUT2D eigenvalue weighted by molar-refractivity contribution is -0.136. The smallest absolute Gasteiger partial charge is 0.262 e. The van der Waals surface area contributed by atoms with Gasteiger partial charge in [0.15, 0.2) is 11.6 Å². The van der Waals surface area contributed by atoms with Crippen molar-refractivity contribution in [3.8, 4) is 17.1 Å². The topological polar surface area (TPSA) is 205 Å². The first-order chi connectivity index (χ1) is 31.0. The molecule has 4 saturated heterocycles. The maximum atomic E-state index is 14.9. The summed E-state index contributed by atoms with van der Waals surface area (Å²) in [5, 5.41) is 10.9. The summed E-state index contributed by atoms with van der Waals surface area (Å²) >= 11 is 0. The number of piperidine rings is 3. The number of benzene rings is 3. The highest BCUT2D eigenvalue weighted by atomic mass is 19.1. The van der Waals surface area contributed by atoms with E-state index in [1.807, 2.05) is 47.4 Å². The number of hydrazone groups is 1. The predicted octanol–water partition coefficient (Wildman–Crippen LogP) is 4.76. The number of hydrazine groups is 1. The zero-order chi connectivity index (χ0) is 44.5. The summed E-state index contributed by atoms with van der Waals surface area (Å²) in [5.74, 6) is 10.8. The maximum absolute atomic E-state index is 14.9. The molecule has 5 fully saturated rings. The molecule has 16 nitrogen and oxygen atoms in total. The number of amidine groups is 1. The summed E-state index contributed by atoms with van der Waals surface area (Å²) in [6.07, 6.45) is 11.7. The molecule has 6 aliphatic rings. The molecule has 1 spiro atoms. The van der Waals surface area contributed by atoms with Crippen LogP contribution in [0.2, 0.25) is 0 Å². The van der Waals surface area contributed by atoms with Crippen molar-refractivity contribution >= 4 is 46.1 Å². The van der Waals surface area contributed by atoms with E-state index < -0.39 is 35.5 Å². The largest absolute Gasteiger partial charge is 0.490 e. The molecule has 338 valence electrons. The number of ether oxygens (including phenoxy) is 1. The van der Waals surface area contributed by atoms with E-state index in [2.05, 4.69) is 37.8 Å². The molecule has 10 rings (SSSR count). The van der Waals surface area contributed by atoms with Gasteiger partial charge >= 0.3 is 0 Å². The summed E-state index contributed by atoms with van der Waals surface area (Å²) in [6, 6.07) is 15.2. The number of nitrogens with two attached hydrogens (primary N) is 2. The van der Waals surface area contributed by atoms with Crippen LogP contribution in [0.4, 0.5) is 10.1 Å². The van der Waals surface area contributed by atoms with Crippen molar-refractivity contribution in [3.63, 3.8) is 0 Å². The van der Waals surface area contributed by atoms with Gasteiger partial charge in [0, 0.05) is 55.7 Å². The second kappa shape index (κ2) is 18.3. The first kappa shape index (κ1) is 43.3. The molecule has 17 heteroatoms. The van der Waals surface area contributed by atoms with Crippen molar-refractivity contribution in [3.05, 3.63) is 77.1 Å². The molecule has 0 radical (unpaired) electrons. The van der Waals surface area contributed by atoms with Gasteiger partial charge in [0.25, 0.3) is 11.8 Å². The second-order valence-electron chi connectivity index (χ2n) is 18.5. The van der Waals surface area contributed by atoms with E-state index in [1.165, 1.54) is 44.7 Å². The molecule has 6 heterocycles. The van der Waals surface area contributed by atoms with Gasteiger partial charge in [-0.2, -0.15) is 5.10 Å². The molecular formula is C47H57FN10O6. The Hall–Kier alpha value is -5.91. The van der Waals surface area contributed by atoms with Crippen molar-refractivity contribution in [1.29, 1.82) is 0 Å². The molecule has 1 unspecified atom stereocenters. The maximum Gasteiger partial charge on any atom is 0.262 e. The summed E-state index contributed by atoms with van der Waals surface area (Å²) < 4.78 is 27.0. The van der Waals surface area contributed by atoms with E-state index >= 15 is 0 Å². The van der Waals surface area contributed by atoms with Gasteiger partial charge in [0.05, 0.1) is 22.2 Å². The normalized spacial score (nSPS) is 22.3. The Bertz CT molecular complexity index is 2440. The van der Waals surface area contributed by atoms with Crippen LogP contribution in [0.5, 0.6) is 5.75 Å². The molecule has 1 saturated carbocycles. The lowest BCUT2D eigenvalue weighted by Gasteiger charge is -2.54. The summed E-state index contributed by atoms with van der Waals surface area (Å²) in [6.45, 7) is 7.01. The van der Waals surface area contributed by atoms with Gasteiger partial charge in [0.1, 0.15) is 29.2 Å². The molecule has 1 aromatic heterocycles. The van der Waals surface area contributed by atoms with Gasteiger partial charge in [-0.1, -0.05) is 36.6 Å². The van der Waals surface area contributed by atoms with E-state index in [4.69, 9.17) is 20.9 Å². The summed E-state index contributed by atoms with van der Waals surface area (Å²) in [5.41, 5.74) is 5.55. The van der Waals surface area contributed by atoms with Crippen LogP contribution in [0.15, 0.2) is 64.2 Å². The molecule has 1 aliphatic carbocycles. The van der Waals surface area contributed by atoms with E-state index in [9.17, 15) is 23.6 Å². The third-order valence-electron chi connectivity index (χ3n) is 14.1. The van der Waals surface area contributed by atoms with Crippen molar-refractivity contribution in [1.82, 2.24) is 30.6 Å². The van der Waals surface area contributed by atoms with E-state index in [1.54, 1.807) is 0 Å². The number of carbonyl (C=O) groups is 4. The third kappa shape index (κ3) is 8.80. The number of nitrogens with one attached hydrogen (secondary N) is 2. The Balaban J connectivity index is 0.000000163. The number of hydrogen-bond donors (Lipinski definition) is 4. The van der Waals surface area contributed by atoms with Gasteiger partial charge in [-0.15, -0.1) is 0 Å². The number of anilines is 1. The number of likely N-dealkylation sites (tertiary alicyclic amines) is 2. The molecule has 0 bridgehead atoms. The van der Waals surface area contributed by atoms with Gasteiger partial charge in [-0.3, -0.25) is 29.4 Å². The highest BCUT2D eigenvalue weighted by Crippen LogP contribution is 2.44. The number of amides is 4. The Morgan fingerprint density at radius 2 is 1.67 bits per heavy atom. The van der Waals surface area contributed by atoms with Crippen LogP contribution in [-0.2, 0) is 9.59 Å². The van der Waals surface area contributed by atoms with Crippen LogP contribution < -0.4 is 32.1 Å². The van der Waals surface area contributed by atoms with Gasteiger partial charge < -0.3 is 35.2 Å². The minimum Gasteiger partial charge on any atom is -0.490 e. The molecule has 4 aromatic rings. The fraction of sp³-hybridized carbons (Fsp3) is 0.489. The van der Waals surface area contributed by atoms with E-state index in [0.717, 1.165) is 110 Å². The van der Waals surface area contributed by atoms with Gasteiger partial charge in [0.2, 0.25) is 11.8 Å². The number of nitrogens with zero attached hydrogens (tertiary/aromatic N) is 6. The van der Waals surface area contributed by atoms with E-state index in [-0.39, 0.29) is 35.5 Å². The standard InChI is InChI=1S/C26H34N6O2.C21H23FN4O4/c27-29-26(30-28)20-9-10-24-23(16-20)25(34-31-24)19-7-4-8-22(15-19)33-21-11-13-32(14-12-21)17-18-5-2-1-3-6-18;1-24-6-4-21(5-7-24)10-25(11-21)16-9-13-12(8-14(16)22)19(29)26(20(13)30)15-2-3-17(27)23-18(15)28/h4,7-10,15-16,18,21H,1-3,5-6,11-14,17,27-28H2,(H,29,30);8-9,15H,2-7,10-11H2,1H3,(H,23,27,28). The minimum atomic E-state index is -1.05. The van der Waals surface area contributed by atoms with Crippen molar-refractivity contribution < 1.29 is 32.8 Å². The zero-order valence-electron chi connectivity index (χ0n) is 36.3. The average molecular weight is 877 g/mol.